The standard InChI is InChI=1S/C26H37FN4O4S/c1-7-24(26(33)28-16-19(2)3)30(17-21-10-8-9-20(4)15-21)25(32)18-31(36(34,35)29(5)6)23-13-11-22(27)12-14-23/h8-15,19,24H,7,16-18H2,1-6H3,(H,28,33)/t24-/m1/s1. The molecular formula is C26H37FN4O4S. The molecule has 2 rings (SSSR count). The summed E-state index contributed by atoms with van der Waals surface area (Å²) in [6, 6.07) is 11.7. The third kappa shape index (κ3) is 7.76. The lowest BCUT2D eigenvalue weighted by Crippen LogP contribution is -2.53. The first-order valence-corrected chi connectivity index (χ1v) is 13.3. The number of halogens is 1. The van der Waals surface area contributed by atoms with E-state index in [2.05, 4.69) is 5.32 Å². The summed E-state index contributed by atoms with van der Waals surface area (Å²) in [7, 11) is -1.38. The molecule has 0 aliphatic carbocycles. The van der Waals surface area contributed by atoms with Gasteiger partial charge in [0.25, 0.3) is 0 Å². The molecule has 0 saturated heterocycles. The smallest absolute Gasteiger partial charge is 0.304 e. The summed E-state index contributed by atoms with van der Waals surface area (Å²) >= 11 is 0. The number of hydrogen-bond donors (Lipinski definition) is 1. The van der Waals surface area contributed by atoms with Crippen molar-refractivity contribution in [3.63, 3.8) is 0 Å². The van der Waals surface area contributed by atoms with Gasteiger partial charge in [-0.15, -0.1) is 0 Å². The summed E-state index contributed by atoms with van der Waals surface area (Å²) in [5.41, 5.74) is 1.97. The quantitative estimate of drug-likeness (QED) is 0.465. The number of benzene rings is 2. The number of nitrogens with one attached hydrogen (secondary N) is 1. The zero-order valence-electron chi connectivity index (χ0n) is 21.9. The van der Waals surface area contributed by atoms with Crippen molar-refractivity contribution in [3.8, 4) is 0 Å². The van der Waals surface area contributed by atoms with Crippen LogP contribution in [0.1, 0.15) is 38.3 Å². The molecule has 1 atom stereocenters. The number of hydrogen-bond acceptors (Lipinski definition) is 4. The second-order valence-electron chi connectivity index (χ2n) is 9.35. The SMILES string of the molecule is CC[C@H](C(=O)NCC(C)C)N(Cc1cccc(C)c1)C(=O)CN(c1ccc(F)cc1)S(=O)(=O)N(C)C. The molecule has 2 amide bonds. The Kier molecular flexibility index (Phi) is 10.4. The minimum absolute atomic E-state index is 0.132. The Balaban J connectivity index is 2.48. The first kappa shape index (κ1) is 29.3. The lowest BCUT2D eigenvalue weighted by molar-refractivity contribution is -0.140. The minimum Gasteiger partial charge on any atom is -0.354 e. The lowest BCUT2D eigenvalue weighted by atomic mass is 10.1. The molecule has 0 bridgehead atoms. The van der Waals surface area contributed by atoms with Gasteiger partial charge < -0.3 is 10.2 Å². The Morgan fingerprint density at radius 3 is 2.22 bits per heavy atom. The van der Waals surface area contributed by atoms with Crippen LogP contribution in [0.4, 0.5) is 10.1 Å². The lowest BCUT2D eigenvalue weighted by Gasteiger charge is -2.34. The fourth-order valence-electron chi connectivity index (χ4n) is 3.67. The van der Waals surface area contributed by atoms with Crippen LogP contribution in [0.2, 0.25) is 0 Å². The van der Waals surface area contributed by atoms with Crippen LogP contribution in [-0.2, 0) is 26.3 Å². The number of carbonyl (C=O) groups excluding carboxylic acids is 2. The second kappa shape index (κ2) is 12.8. The van der Waals surface area contributed by atoms with Gasteiger partial charge in [-0.1, -0.05) is 50.6 Å². The highest BCUT2D eigenvalue weighted by atomic mass is 32.2. The highest BCUT2D eigenvalue weighted by molar-refractivity contribution is 7.90. The number of amides is 2. The topological polar surface area (TPSA) is 90.0 Å². The van der Waals surface area contributed by atoms with Gasteiger partial charge in [0.05, 0.1) is 5.69 Å². The maximum absolute atomic E-state index is 13.7. The third-order valence-corrected chi connectivity index (χ3v) is 7.46. The van der Waals surface area contributed by atoms with Gasteiger partial charge in [0, 0.05) is 27.2 Å². The number of carbonyl (C=O) groups is 2. The van der Waals surface area contributed by atoms with E-state index in [0.29, 0.717) is 13.0 Å². The van der Waals surface area contributed by atoms with Gasteiger partial charge in [-0.3, -0.25) is 9.59 Å². The Morgan fingerprint density at radius 2 is 1.69 bits per heavy atom. The third-order valence-electron chi connectivity index (χ3n) is 5.64. The fourth-order valence-corrected chi connectivity index (χ4v) is 4.73. The predicted molar refractivity (Wildman–Crippen MR) is 140 cm³/mol. The number of nitrogens with zero attached hydrogens (tertiary/aromatic N) is 3. The van der Waals surface area contributed by atoms with E-state index in [0.717, 1.165) is 31.9 Å². The molecule has 0 fully saturated rings. The van der Waals surface area contributed by atoms with E-state index in [9.17, 15) is 22.4 Å². The molecule has 10 heteroatoms. The summed E-state index contributed by atoms with van der Waals surface area (Å²) < 4.78 is 41.7. The average molecular weight is 521 g/mol. The number of rotatable bonds is 12. The molecule has 198 valence electrons. The van der Waals surface area contributed by atoms with Crippen LogP contribution in [0.5, 0.6) is 0 Å². The largest absolute Gasteiger partial charge is 0.354 e. The first-order valence-electron chi connectivity index (χ1n) is 11.9. The van der Waals surface area contributed by atoms with Crippen molar-refractivity contribution < 1.29 is 22.4 Å². The zero-order chi connectivity index (χ0) is 27.0. The van der Waals surface area contributed by atoms with Crippen LogP contribution in [0.3, 0.4) is 0 Å². The van der Waals surface area contributed by atoms with E-state index in [1.54, 1.807) is 0 Å². The van der Waals surface area contributed by atoms with E-state index < -0.39 is 34.5 Å². The summed E-state index contributed by atoms with van der Waals surface area (Å²) in [6.45, 7) is 7.73. The molecule has 36 heavy (non-hydrogen) atoms. The molecule has 0 aromatic heterocycles. The summed E-state index contributed by atoms with van der Waals surface area (Å²) in [5, 5.41) is 2.89. The van der Waals surface area contributed by atoms with Gasteiger partial charge in [-0.25, -0.2) is 8.70 Å². The van der Waals surface area contributed by atoms with Crippen LogP contribution >= 0.6 is 0 Å². The highest BCUT2D eigenvalue weighted by Crippen LogP contribution is 2.22. The second-order valence-corrected chi connectivity index (χ2v) is 11.4. The van der Waals surface area contributed by atoms with Crippen molar-refractivity contribution >= 4 is 27.7 Å². The molecule has 0 aliphatic heterocycles. The maximum Gasteiger partial charge on any atom is 0.304 e. The Hall–Kier alpha value is -2.98. The van der Waals surface area contributed by atoms with Crippen LogP contribution in [0.15, 0.2) is 48.5 Å². The molecule has 2 aromatic rings. The Morgan fingerprint density at radius 1 is 1.06 bits per heavy atom. The van der Waals surface area contributed by atoms with Crippen molar-refractivity contribution in [3.05, 3.63) is 65.5 Å². The Labute approximate surface area is 214 Å². The van der Waals surface area contributed by atoms with Crippen LogP contribution in [0, 0.1) is 18.7 Å². The van der Waals surface area contributed by atoms with Gasteiger partial charge in [-0.2, -0.15) is 12.7 Å². The molecule has 0 saturated carbocycles. The predicted octanol–water partition coefficient (Wildman–Crippen LogP) is 3.33. The molecular weight excluding hydrogens is 483 g/mol. The van der Waals surface area contributed by atoms with E-state index in [1.165, 1.54) is 31.1 Å². The van der Waals surface area contributed by atoms with E-state index >= 15 is 0 Å². The molecule has 2 aromatic carbocycles. The fraction of sp³-hybridized carbons (Fsp3) is 0.462. The molecule has 0 unspecified atom stereocenters. The van der Waals surface area contributed by atoms with Crippen molar-refractivity contribution in [1.82, 2.24) is 14.5 Å². The molecule has 0 aliphatic rings. The molecule has 0 radical (unpaired) electrons. The number of anilines is 1. The highest BCUT2D eigenvalue weighted by Gasteiger charge is 2.33. The summed E-state index contributed by atoms with van der Waals surface area (Å²) in [4.78, 5) is 28.3. The van der Waals surface area contributed by atoms with Gasteiger partial charge in [-0.05, 0) is 49.1 Å². The van der Waals surface area contributed by atoms with Crippen molar-refractivity contribution in [2.24, 2.45) is 5.92 Å². The van der Waals surface area contributed by atoms with Gasteiger partial charge in [0.1, 0.15) is 18.4 Å². The average Bonchev–Trinajstić information content (AvgIpc) is 2.81. The van der Waals surface area contributed by atoms with E-state index in [1.807, 2.05) is 52.0 Å². The van der Waals surface area contributed by atoms with Crippen molar-refractivity contribution in [1.29, 1.82) is 0 Å². The maximum atomic E-state index is 13.7. The molecule has 8 nitrogen and oxygen atoms in total. The normalized spacial score (nSPS) is 12.5. The monoisotopic (exact) mass is 520 g/mol. The van der Waals surface area contributed by atoms with Crippen molar-refractivity contribution in [2.45, 2.75) is 46.7 Å². The molecule has 1 N–H and O–H groups in total. The number of aryl methyl sites for hydroxylation is 1. The molecule has 0 heterocycles. The van der Waals surface area contributed by atoms with Gasteiger partial charge in [0.2, 0.25) is 11.8 Å². The minimum atomic E-state index is -4.09. The molecule has 0 spiro atoms. The van der Waals surface area contributed by atoms with Gasteiger partial charge in [0.15, 0.2) is 0 Å². The first-order chi connectivity index (χ1) is 16.9. The zero-order valence-corrected chi connectivity index (χ0v) is 22.7. The van der Waals surface area contributed by atoms with Crippen LogP contribution in [0.25, 0.3) is 0 Å². The Bertz CT molecular complexity index is 1140. The van der Waals surface area contributed by atoms with Crippen molar-refractivity contribution in [2.75, 3.05) is 31.5 Å². The van der Waals surface area contributed by atoms with E-state index in [4.69, 9.17) is 0 Å². The van der Waals surface area contributed by atoms with E-state index in [-0.39, 0.29) is 24.1 Å². The van der Waals surface area contributed by atoms with Crippen LogP contribution < -0.4 is 9.62 Å². The van der Waals surface area contributed by atoms with Crippen LogP contribution in [-0.4, -0.2) is 62.7 Å². The summed E-state index contributed by atoms with van der Waals surface area (Å²) in [6.07, 6.45) is 0.346. The summed E-state index contributed by atoms with van der Waals surface area (Å²) in [5.74, 6) is -1.14. The van der Waals surface area contributed by atoms with Gasteiger partial charge >= 0.3 is 10.2 Å².